The quantitative estimate of drug-likeness (QED) is 0.297. The van der Waals surface area contributed by atoms with Crippen molar-refractivity contribution in [1.82, 2.24) is 14.5 Å². The summed E-state index contributed by atoms with van der Waals surface area (Å²) in [5, 5.41) is 2.21. The van der Waals surface area contributed by atoms with E-state index in [2.05, 4.69) is 78.9 Å². The van der Waals surface area contributed by atoms with E-state index in [1.54, 1.807) is 0 Å². The Kier molecular flexibility index (Phi) is 3.99. The summed E-state index contributed by atoms with van der Waals surface area (Å²) >= 11 is 0. The molecule has 0 spiro atoms. The molecular formula is C28H23N3O. The van der Waals surface area contributed by atoms with Crippen LogP contribution in [-0.2, 0) is 5.41 Å². The van der Waals surface area contributed by atoms with Crippen molar-refractivity contribution >= 4 is 33.0 Å². The molecule has 0 bridgehead atoms. The number of nitrogens with zero attached hydrogens (tertiary/aromatic N) is 3. The Balaban J connectivity index is 1.77. The van der Waals surface area contributed by atoms with Gasteiger partial charge in [-0.2, -0.15) is 0 Å². The van der Waals surface area contributed by atoms with E-state index in [0.717, 1.165) is 55.6 Å². The first-order valence-corrected chi connectivity index (χ1v) is 10.9. The smallest absolute Gasteiger partial charge is 0.149 e. The van der Waals surface area contributed by atoms with Gasteiger partial charge in [0.1, 0.15) is 22.5 Å². The predicted molar refractivity (Wildman–Crippen MR) is 130 cm³/mol. The van der Waals surface area contributed by atoms with Gasteiger partial charge in [-0.3, -0.25) is 9.55 Å². The minimum atomic E-state index is -0.0816. The largest absolute Gasteiger partial charge is 0.455 e. The molecule has 6 rings (SSSR count). The van der Waals surface area contributed by atoms with Crippen molar-refractivity contribution in [3.63, 3.8) is 0 Å². The third-order valence-electron chi connectivity index (χ3n) is 6.03. The molecule has 6 aromatic rings. The molecule has 0 aliphatic heterocycles. The van der Waals surface area contributed by atoms with Crippen molar-refractivity contribution in [3.8, 4) is 17.1 Å². The lowest BCUT2D eigenvalue weighted by Gasteiger charge is -2.21. The van der Waals surface area contributed by atoms with Crippen LogP contribution in [0.15, 0.2) is 89.6 Å². The van der Waals surface area contributed by atoms with Crippen LogP contribution in [0.2, 0.25) is 0 Å². The van der Waals surface area contributed by atoms with Crippen molar-refractivity contribution in [2.24, 2.45) is 0 Å². The van der Waals surface area contributed by atoms with E-state index in [4.69, 9.17) is 9.40 Å². The summed E-state index contributed by atoms with van der Waals surface area (Å²) in [5.41, 5.74) is 6.82. The molecular weight excluding hydrogens is 394 g/mol. The van der Waals surface area contributed by atoms with E-state index in [0.29, 0.717) is 0 Å². The van der Waals surface area contributed by atoms with Crippen LogP contribution in [0.3, 0.4) is 0 Å². The van der Waals surface area contributed by atoms with Gasteiger partial charge in [-0.15, -0.1) is 0 Å². The second-order valence-electron chi connectivity index (χ2n) is 9.19. The van der Waals surface area contributed by atoms with Gasteiger partial charge < -0.3 is 4.42 Å². The van der Waals surface area contributed by atoms with E-state index in [1.165, 1.54) is 0 Å². The Morgan fingerprint density at radius 2 is 1.53 bits per heavy atom. The molecule has 0 unspecified atom stereocenters. The number of benzene rings is 3. The minimum Gasteiger partial charge on any atom is -0.455 e. The average molecular weight is 418 g/mol. The summed E-state index contributed by atoms with van der Waals surface area (Å²) in [6.45, 7) is 6.64. The van der Waals surface area contributed by atoms with Gasteiger partial charge in [-0.1, -0.05) is 69.3 Å². The van der Waals surface area contributed by atoms with Crippen LogP contribution >= 0.6 is 0 Å². The molecule has 3 heterocycles. The molecule has 3 aromatic carbocycles. The number of hydrogen-bond acceptors (Lipinski definition) is 3. The second-order valence-corrected chi connectivity index (χ2v) is 9.19. The number of furan rings is 1. The summed E-state index contributed by atoms with van der Waals surface area (Å²) in [7, 11) is 0. The van der Waals surface area contributed by atoms with Crippen LogP contribution in [0.5, 0.6) is 0 Å². The summed E-state index contributed by atoms with van der Waals surface area (Å²) in [4.78, 5) is 9.61. The van der Waals surface area contributed by atoms with Crippen LogP contribution < -0.4 is 0 Å². The van der Waals surface area contributed by atoms with Crippen molar-refractivity contribution in [1.29, 1.82) is 0 Å². The van der Waals surface area contributed by atoms with E-state index >= 15 is 0 Å². The number of imidazole rings is 1. The Morgan fingerprint density at radius 1 is 0.781 bits per heavy atom. The van der Waals surface area contributed by atoms with Crippen molar-refractivity contribution in [3.05, 3.63) is 90.8 Å². The Morgan fingerprint density at radius 3 is 2.34 bits per heavy atom. The van der Waals surface area contributed by atoms with E-state index < -0.39 is 0 Å². The fourth-order valence-corrected chi connectivity index (χ4v) is 4.51. The molecule has 0 fully saturated rings. The molecule has 0 saturated carbocycles. The van der Waals surface area contributed by atoms with Gasteiger partial charge in [0.05, 0.1) is 17.3 Å². The zero-order valence-corrected chi connectivity index (χ0v) is 18.3. The van der Waals surface area contributed by atoms with Gasteiger partial charge in [-0.25, -0.2) is 4.98 Å². The predicted octanol–water partition coefficient (Wildman–Crippen LogP) is 7.28. The SMILES string of the molecule is CC(C)(C)c1cncc2nc(-c3cccc4c3oc3ccccc34)n(-c3ccccc3)c12. The summed E-state index contributed by atoms with van der Waals surface area (Å²) in [6.07, 6.45) is 3.82. The van der Waals surface area contributed by atoms with Crippen molar-refractivity contribution in [2.75, 3.05) is 0 Å². The Labute approximate surface area is 186 Å². The van der Waals surface area contributed by atoms with Gasteiger partial charge in [0.25, 0.3) is 0 Å². The molecule has 4 heteroatoms. The summed E-state index contributed by atoms with van der Waals surface area (Å²) in [5.74, 6) is 0.856. The molecule has 32 heavy (non-hydrogen) atoms. The maximum atomic E-state index is 6.35. The summed E-state index contributed by atoms with van der Waals surface area (Å²) < 4.78 is 8.60. The lowest BCUT2D eigenvalue weighted by atomic mass is 9.87. The third kappa shape index (κ3) is 2.76. The van der Waals surface area contributed by atoms with Crippen LogP contribution in [0.1, 0.15) is 26.3 Å². The monoisotopic (exact) mass is 417 g/mol. The molecule has 0 atom stereocenters. The van der Waals surface area contributed by atoms with Gasteiger partial charge >= 0.3 is 0 Å². The van der Waals surface area contributed by atoms with Crippen LogP contribution in [0, 0.1) is 0 Å². The van der Waals surface area contributed by atoms with E-state index in [9.17, 15) is 0 Å². The van der Waals surface area contributed by atoms with Gasteiger partial charge in [0.15, 0.2) is 0 Å². The van der Waals surface area contributed by atoms with E-state index in [-0.39, 0.29) is 5.41 Å². The molecule has 0 radical (unpaired) electrons. The summed E-state index contributed by atoms with van der Waals surface area (Å²) in [6, 6.07) is 24.9. The molecule has 4 nitrogen and oxygen atoms in total. The fourth-order valence-electron chi connectivity index (χ4n) is 4.51. The van der Waals surface area contributed by atoms with Gasteiger partial charge in [0, 0.05) is 28.2 Å². The van der Waals surface area contributed by atoms with Gasteiger partial charge in [-0.05, 0) is 29.7 Å². The first-order chi connectivity index (χ1) is 15.5. The van der Waals surface area contributed by atoms with Crippen molar-refractivity contribution in [2.45, 2.75) is 26.2 Å². The minimum absolute atomic E-state index is 0.0816. The number of pyridine rings is 1. The molecule has 0 aliphatic carbocycles. The fraction of sp³-hybridized carbons (Fsp3) is 0.143. The average Bonchev–Trinajstić information content (AvgIpc) is 3.37. The molecule has 0 aliphatic rings. The topological polar surface area (TPSA) is 43.9 Å². The Hall–Kier alpha value is -3.92. The maximum absolute atomic E-state index is 6.35. The highest BCUT2D eigenvalue weighted by molar-refractivity contribution is 6.09. The third-order valence-corrected chi connectivity index (χ3v) is 6.03. The molecule has 0 N–H and O–H groups in total. The highest BCUT2D eigenvalue weighted by atomic mass is 16.3. The zero-order valence-electron chi connectivity index (χ0n) is 18.3. The zero-order chi connectivity index (χ0) is 21.9. The second kappa shape index (κ2) is 6.79. The van der Waals surface area contributed by atoms with Crippen LogP contribution in [-0.4, -0.2) is 14.5 Å². The van der Waals surface area contributed by atoms with Gasteiger partial charge in [0.2, 0.25) is 0 Å². The number of aromatic nitrogens is 3. The maximum Gasteiger partial charge on any atom is 0.149 e. The highest BCUT2D eigenvalue weighted by Gasteiger charge is 2.25. The lowest BCUT2D eigenvalue weighted by Crippen LogP contribution is -2.14. The molecule has 156 valence electrons. The molecule has 0 amide bonds. The number of rotatable bonds is 2. The normalized spacial score (nSPS) is 12.2. The molecule has 3 aromatic heterocycles. The standard InChI is InChI=1S/C28H23N3O/c1-28(2,3)22-16-29-17-23-25(22)31(18-10-5-4-6-11-18)27(30-23)21-14-9-13-20-19-12-7-8-15-24(19)32-26(20)21/h4-17H,1-3H3. The first-order valence-electron chi connectivity index (χ1n) is 10.9. The van der Waals surface area contributed by atoms with Crippen molar-refractivity contribution < 1.29 is 4.42 Å². The van der Waals surface area contributed by atoms with E-state index in [1.807, 2.05) is 36.7 Å². The van der Waals surface area contributed by atoms with Crippen LogP contribution in [0.25, 0.3) is 50.0 Å². The first kappa shape index (κ1) is 18.8. The number of fused-ring (bicyclic) bond motifs is 4. The lowest BCUT2D eigenvalue weighted by molar-refractivity contribution is 0.591. The Bertz CT molecular complexity index is 1600. The van der Waals surface area contributed by atoms with Crippen LogP contribution in [0.4, 0.5) is 0 Å². The number of hydrogen-bond donors (Lipinski definition) is 0. The molecule has 0 saturated heterocycles. The number of para-hydroxylation sites is 3. The highest BCUT2D eigenvalue weighted by Crippen LogP contribution is 2.39.